The van der Waals surface area contributed by atoms with Crippen LogP contribution in [0.1, 0.15) is 18.9 Å². The maximum atomic E-state index is 12.2. The van der Waals surface area contributed by atoms with Crippen molar-refractivity contribution >= 4 is 32.5 Å². The topological polar surface area (TPSA) is 46.5 Å². The predicted octanol–water partition coefficient (Wildman–Crippen LogP) is 2.97. The number of hydrogen-bond acceptors (Lipinski definition) is 3. The summed E-state index contributed by atoms with van der Waals surface area (Å²) >= 11 is 1.82. The molecule has 18 heavy (non-hydrogen) atoms. The lowest BCUT2D eigenvalue weighted by atomic mass is 10.2. The van der Waals surface area contributed by atoms with Gasteiger partial charge in [0.2, 0.25) is 0 Å². The van der Waals surface area contributed by atoms with E-state index in [1.165, 1.54) is 0 Å². The van der Waals surface area contributed by atoms with Crippen LogP contribution in [0.5, 0.6) is 0 Å². The van der Waals surface area contributed by atoms with Crippen molar-refractivity contribution in [2.75, 3.05) is 11.5 Å². The van der Waals surface area contributed by atoms with Gasteiger partial charge in [-0.1, -0.05) is 28.4 Å². The van der Waals surface area contributed by atoms with Crippen LogP contribution in [-0.2, 0) is 20.7 Å². The molecule has 0 saturated carbocycles. The Morgan fingerprint density at radius 3 is 2.61 bits per heavy atom. The molecule has 1 fully saturated rings. The molecule has 0 aromatic heterocycles. The van der Waals surface area contributed by atoms with Crippen LogP contribution in [-0.4, -0.2) is 24.5 Å². The summed E-state index contributed by atoms with van der Waals surface area (Å²) in [6.07, 6.45) is 1.06. The largest absolute Gasteiger partial charge is 0.287 e. The van der Waals surface area contributed by atoms with Gasteiger partial charge in [-0.25, -0.2) is 0 Å². The smallest absolute Gasteiger partial charge is 0.199 e. The van der Waals surface area contributed by atoms with Crippen LogP contribution in [0.15, 0.2) is 32.9 Å². The summed E-state index contributed by atoms with van der Waals surface area (Å²) in [6, 6.07) is 6.90. The van der Waals surface area contributed by atoms with Gasteiger partial charge in [-0.3, -0.25) is 0 Å². The fourth-order valence-corrected chi connectivity index (χ4v) is 7.41. The number of hydrogen-bond donors (Lipinski definition) is 0. The third kappa shape index (κ3) is 3.36. The molecule has 1 aromatic carbocycles. The zero-order chi connectivity index (χ0) is 13.2. The molecule has 0 unspecified atom stereocenters. The van der Waals surface area contributed by atoms with Gasteiger partial charge in [-0.05, 0) is 38.2 Å². The van der Waals surface area contributed by atoms with Gasteiger partial charge in [0.15, 0.2) is 0 Å². The number of sulfonamides is 1. The Hall–Kier alpha value is -0.330. The van der Waals surface area contributed by atoms with Crippen LogP contribution in [0, 0.1) is 6.92 Å². The molecule has 1 aromatic rings. The number of thioether (sulfide) groups is 1. The molecule has 0 spiro atoms. The van der Waals surface area contributed by atoms with Gasteiger partial charge in [0.05, 0.1) is 9.48 Å². The molecule has 0 radical (unpaired) electrons. The monoisotopic (exact) mass is 303 g/mol. The summed E-state index contributed by atoms with van der Waals surface area (Å²) in [6.45, 7) is 4.01. The molecule has 6 heteroatoms. The Morgan fingerprint density at radius 2 is 2.00 bits per heavy atom. The first-order chi connectivity index (χ1) is 8.49. The normalized spacial score (nSPS) is 25.2. The summed E-state index contributed by atoms with van der Waals surface area (Å²) < 4.78 is 28.8. The SMILES string of the molecule is Cc1ccc(S(=O)(=O)/N=[S@]2/CCCS[C@H]2C)cc1. The summed E-state index contributed by atoms with van der Waals surface area (Å²) in [7, 11) is -3.85. The Morgan fingerprint density at radius 1 is 1.33 bits per heavy atom. The van der Waals surface area contributed by atoms with E-state index in [2.05, 4.69) is 10.7 Å². The highest BCUT2D eigenvalue weighted by Crippen LogP contribution is 2.25. The Kier molecular flexibility index (Phi) is 4.50. The highest BCUT2D eigenvalue weighted by Gasteiger charge is 2.19. The lowest BCUT2D eigenvalue weighted by molar-refractivity contribution is 0.598. The van der Waals surface area contributed by atoms with Crippen LogP contribution < -0.4 is 0 Å². The summed E-state index contributed by atoms with van der Waals surface area (Å²) in [5.41, 5.74) is 1.05. The Labute approximate surface area is 116 Å². The summed E-state index contributed by atoms with van der Waals surface area (Å²) in [4.78, 5) is 0.309. The second-order valence-corrected chi connectivity index (χ2v) is 9.94. The minimum atomic E-state index is -3.49. The second-order valence-electron chi connectivity index (χ2n) is 4.26. The Bertz CT molecular complexity index is 549. The molecule has 1 aliphatic heterocycles. The first kappa shape index (κ1) is 14.1. The van der Waals surface area contributed by atoms with Gasteiger partial charge in [-0.15, -0.1) is 15.5 Å². The number of aryl methyl sites for hydroxylation is 1. The maximum Gasteiger partial charge on any atom is 0.287 e. The fourth-order valence-electron chi connectivity index (χ4n) is 1.68. The van der Waals surface area contributed by atoms with Crippen LogP contribution in [0.4, 0.5) is 0 Å². The van der Waals surface area contributed by atoms with Crippen molar-refractivity contribution in [2.45, 2.75) is 29.7 Å². The minimum absolute atomic E-state index is 0.309. The third-order valence-electron chi connectivity index (χ3n) is 2.75. The van der Waals surface area contributed by atoms with Crippen LogP contribution in [0.2, 0.25) is 0 Å². The van der Waals surface area contributed by atoms with Gasteiger partial charge in [0.1, 0.15) is 0 Å². The van der Waals surface area contributed by atoms with Crippen molar-refractivity contribution < 1.29 is 8.42 Å². The average Bonchev–Trinajstić information content (AvgIpc) is 2.32. The third-order valence-corrected chi connectivity index (χ3v) is 8.71. The van der Waals surface area contributed by atoms with E-state index >= 15 is 0 Å². The first-order valence-corrected chi connectivity index (χ1v) is 9.75. The lowest BCUT2D eigenvalue weighted by Crippen LogP contribution is -2.18. The molecule has 1 heterocycles. The molecule has 0 bridgehead atoms. The van der Waals surface area contributed by atoms with E-state index in [-0.39, 0.29) is 10.7 Å². The molecule has 0 amide bonds. The van der Waals surface area contributed by atoms with Crippen molar-refractivity contribution in [2.24, 2.45) is 3.77 Å². The van der Waals surface area contributed by atoms with Gasteiger partial charge >= 0.3 is 0 Å². The molecule has 0 N–H and O–H groups in total. The van der Waals surface area contributed by atoms with Crippen molar-refractivity contribution in [3.8, 4) is 0 Å². The van der Waals surface area contributed by atoms with Gasteiger partial charge in [0.25, 0.3) is 10.0 Å². The van der Waals surface area contributed by atoms with E-state index in [1.807, 2.05) is 30.8 Å². The summed E-state index contributed by atoms with van der Waals surface area (Å²) in [5.74, 6) is 2.02. The maximum absolute atomic E-state index is 12.2. The molecule has 0 aliphatic carbocycles. The number of benzene rings is 1. The molecular weight excluding hydrogens is 286 g/mol. The van der Waals surface area contributed by atoms with Gasteiger partial charge in [-0.2, -0.15) is 8.42 Å². The van der Waals surface area contributed by atoms with Crippen LogP contribution >= 0.6 is 11.8 Å². The molecule has 100 valence electrons. The van der Waals surface area contributed by atoms with Gasteiger partial charge < -0.3 is 0 Å². The van der Waals surface area contributed by atoms with E-state index in [4.69, 9.17) is 0 Å². The fraction of sp³-hybridized carbons (Fsp3) is 0.500. The molecule has 3 nitrogen and oxygen atoms in total. The van der Waals surface area contributed by atoms with Crippen LogP contribution in [0.3, 0.4) is 0 Å². The second kappa shape index (κ2) is 5.75. The molecule has 1 aliphatic rings. The van der Waals surface area contributed by atoms with E-state index in [9.17, 15) is 8.42 Å². The van der Waals surface area contributed by atoms with Crippen molar-refractivity contribution in [1.29, 1.82) is 0 Å². The zero-order valence-corrected chi connectivity index (χ0v) is 12.9. The highest BCUT2D eigenvalue weighted by atomic mass is 32.3. The Balaban J connectivity index is 2.31. The standard InChI is InChI=1S/C12H17NO2S3/c1-10-4-6-12(7-5-10)18(14,15)13-17-9-3-8-16-11(17)2/h4-7,11H,3,8-9H2,1-2H3/t11-,17+/m1/s1. The minimum Gasteiger partial charge on any atom is -0.199 e. The van der Waals surface area contributed by atoms with Crippen molar-refractivity contribution in [3.05, 3.63) is 29.8 Å². The van der Waals surface area contributed by atoms with E-state index < -0.39 is 10.0 Å². The average molecular weight is 303 g/mol. The summed E-state index contributed by atoms with van der Waals surface area (Å²) in [5, 5.41) is 0. The van der Waals surface area contributed by atoms with Gasteiger partial charge in [0, 0.05) is 5.75 Å². The first-order valence-electron chi connectivity index (χ1n) is 5.85. The molecule has 2 rings (SSSR count). The molecule has 2 atom stereocenters. The number of rotatable bonds is 2. The van der Waals surface area contributed by atoms with Crippen molar-refractivity contribution in [3.63, 3.8) is 0 Å². The quantitative estimate of drug-likeness (QED) is 0.844. The van der Waals surface area contributed by atoms with Crippen molar-refractivity contribution in [1.82, 2.24) is 0 Å². The highest BCUT2D eigenvalue weighted by molar-refractivity contribution is 8.14. The lowest BCUT2D eigenvalue weighted by Gasteiger charge is -2.20. The molecule has 1 saturated heterocycles. The predicted molar refractivity (Wildman–Crippen MR) is 79.6 cm³/mol. The van der Waals surface area contributed by atoms with E-state index in [1.54, 1.807) is 12.1 Å². The zero-order valence-electron chi connectivity index (χ0n) is 10.5. The van der Waals surface area contributed by atoms with Crippen LogP contribution in [0.25, 0.3) is 0 Å². The van der Waals surface area contributed by atoms with E-state index in [0.717, 1.165) is 23.5 Å². The van der Waals surface area contributed by atoms with E-state index in [0.29, 0.717) is 9.48 Å². The molecular formula is C12H17NO2S3. The number of nitrogens with zero attached hydrogens (tertiary/aromatic N) is 1.